The van der Waals surface area contributed by atoms with Gasteiger partial charge in [0.1, 0.15) is 12.7 Å². The maximum atomic E-state index is 12.5. The van der Waals surface area contributed by atoms with Crippen LogP contribution in [0.3, 0.4) is 0 Å². The molecular formula is C17H24ClN5O2. The van der Waals surface area contributed by atoms with Crippen molar-refractivity contribution in [2.75, 3.05) is 26.8 Å². The number of hydrogen-bond acceptors (Lipinski definition) is 5. The summed E-state index contributed by atoms with van der Waals surface area (Å²) in [6.07, 6.45) is 3.62. The van der Waals surface area contributed by atoms with Crippen LogP contribution in [0.15, 0.2) is 36.9 Å². The molecule has 2 atom stereocenters. The van der Waals surface area contributed by atoms with Crippen molar-refractivity contribution in [3.63, 3.8) is 0 Å². The van der Waals surface area contributed by atoms with E-state index in [9.17, 15) is 4.79 Å². The normalized spacial score (nSPS) is 18.2. The van der Waals surface area contributed by atoms with Gasteiger partial charge < -0.3 is 15.0 Å². The molecule has 0 radical (unpaired) electrons. The molecule has 1 saturated heterocycles. The van der Waals surface area contributed by atoms with Gasteiger partial charge in [-0.1, -0.05) is 12.1 Å². The molecule has 0 bridgehead atoms. The van der Waals surface area contributed by atoms with Crippen LogP contribution < -0.4 is 5.32 Å². The second kappa shape index (κ2) is 8.94. The number of hydrogen-bond donors (Lipinski definition) is 1. The van der Waals surface area contributed by atoms with Gasteiger partial charge in [0.15, 0.2) is 0 Å². The van der Waals surface area contributed by atoms with Gasteiger partial charge in [0, 0.05) is 26.1 Å². The number of aromatic nitrogens is 3. The first-order valence-electron chi connectivity index (χ1n) is 8.17. The molecule has 25 heavy (non-hydrogen) atoms. The van der Waals surface area contributed by atoms with E-state index in [1.807, 2.05) is 38.2 Å². The van der Waals surface area contributed by atoms with E-state index < -0.39 is 0 Å². The highest BCUT2D eigenvalue weighted by molar-refractivity contribution is 5.85. The number of benzene rings is 1. The largest absolute Gasteiger partial charge is 0.378 e. The van der Waals surface area contributed by atoms with Gasteiger partial charge in [-0.2, -0.15) is 5.10 Å². The van der Waals surface area contributed by atoms with Crippen molar-refractivity contribution in [3.05, 3.63) is 42.5 Å². The molecule has 0 saturated carbocycles. The van der Waals surface area contributed by atoms with Crippen molar-refractivity contribution in [1.82, 2.24) is 25.0 Å². The van der Waals surface area contributed by atoms with Crippen LogP contribution in [0.2, 0.25) is 0 Å². The lowest BCUT2D eigenvalue weighted by atomic mass is 10.1. The minimum Gasteiger partial charge on any atom is -0.378 e. The highest BCUT2D eigenvalue weighted by atomic mass is 35.5. The first-order valence-corrected chi connectivity index (χ1v) is 8.17. The maximum absolute atomic E-state index is 12.5. The molecule has 2 heterocycles. The highest BCUT2D eigenvalue weighted by Crippen LogP contribution is 2.21. The molecule has 0 spiro atoms. The summed E-state index contributed by atoms with van der Waals surface area (Å²) in [5.74, 6) is 0.117. The molecule has 1 aromatic heterocycles. The van der Waals surface area contributed by atoms with Crippen LogP contribution >= 0.6 is 12.4 Å². The molecule has 1 N–H and O–H groups in total. The molecule has 0 aliphatic carbocycles. The van der Waals surface area contributed by atoms with E-state index in [0.717, 1.165) is 24.4 Å². The van der Waals surface area contributed by atoms with Crippen LogP contribution in [0.5, 0.6) is 0 Å². The third kappa shape index (κ3) is 4.78. The van der Waals surface area contributed by atoms with Gasteiger partial charge in [-0.25, -0.2) is 9.67 Å². The van der Waals surface area contributed by atoms with Crippen LogP contribution in [-0.2, 0) is 9.53 Å². The smallest absolute Gasteiger partial charge is 0.224 e. The fourth-order valence-corrected chi connectivity index (χ4v) is 2.79. The minimum absolute atomic E-state index is 0. The van der Waals surface area contributed by atoms with Crippen molar-refractivity contribution in [2.24, 2.45) is 0 Å². The summed E-state index contributed by atoms with van der Waals surface area (Å²) in [4.78, 5) is 18.2. The van der Waals surface area contributed by atoms with E-state index in [1.165, 1.54) is 6.33 Å². The van der Waals surface area contributed by atoms with Gasteiger partial charge in [-0.3, -0.25) is 4.79 Å². The number of amides is 1. The number of carbonyl (C=O) groups is 1. The molecule has 136 valence electrons. The van der Waals surface area contributed by atoms with E-state index in [1.54, 1.807) is 15.9 Å². The molecule has 1 amide bonds. The summed E-state index contributed by atoms with van der Waals surface area (Å²) in [6, 6.07) is 8.12. The minimum atomic E-state index is 0. The summed E-state index contributed by atoms with van der Waals surface area (Å²) in [6.45, 7) is 4.16. The molecule has 8 heteroatoms. The average Bonchev–Trinajstić information content (AvgIpc) is 3.16. The van der Waals surface area contributed by atoms with Crippen molar-refractivity contribution >= 4 is 18.3 Å². The molecule has 1 aromatic carbocycles. The number of carbonyl (C=O) groups excluding carboxylic acids is 1. The summed E-state index contributed by atoms with van der Waals surface area (Å²) >= 11 is 0. The lowest BCUT2D eigenvalue weighted by Crippen LogP contribution is -2.44. The molecule has 7 nitrogen and oxygen atoms in total. The molecule has 1 fully saturated rings. The Labute approximate surface area is 153 Å². The predicted octanol–water partition coefficient (Wildman–Crippen LogP) is 1.59. The Kier molecular flexibility index (Phi) is 6.92. The van der Waals surface area contributed by atoms with E-state index in [2.05, 4.69) is 15.4 Å². The number of nitrogens with zero attached hydrogens (tertiary/aromatic N) is 4. The zero-order valence-corrected chi connectivity index (χ0v) is 15.3. The zero-order chi connectivity index (χ0) is 16.9. The molecule has 2 unspecified atom stereocenters. The quantitative estimate of drug-likeness (QED) is 0.871. The third-order valence-electron chi connectivity index (χ3n) is 4.45. The molecule has 2 aromatic rings. The SMILES string of the molecule is CC(c1ccc(-n2cncn2)cc1)N(C)C(=O)CC1COCCN1.Cl. The average molecular weight is 366 g/mol. The van der Waals surface area contributed by atoms with Gasteiger partial charge >= 0.3 is 0 Å². The number of nitrogens with one attached hydrogen (secondary N) is 1. The second-order valence-corrected chi connectivity index (χ2v) is 6.04. The summed E-state index contributed by atoms with van der Waals surface area (Å²) in [5, 5.41) is 7.43. The second-order valence-electron chi connectivity index (χ2n) is 6.04. The van der Waals surface area contributed by atoms with Crippen LogP contribution in [0, 0.1) is 0 Å². The summed E-state index contributed by atoms with van der Waals surface area (Å²) in [7, 11) is 1.85. The van der Waals surface area contributed by atoms with E-state index in [-0.39, 0.29) is 30.4 Å². The number of halogens is 1. The fourth-order valence-electron chi connectivity index (χ4n) is 2.79. The Balaban J connectivity index is 0.00000225. The summed E-state index contributed by atoms with van der Waals surface area (Å²) < 4.78 is 7.12. The monoisotopic (exact) mass is 365 g/mol. The van der Waals surface area contributed by atoms with Crippen LogP contribution in [-0.4, -0.2) is 58.4 Å². The van der Waals surface area contributed by atoms with E-state index in [4.69, 9.17) is 4.74 Å². The van der Waals surface area contributed by atoms with Gasteiger partial charge in [0.05, 0.1) is 24.9 Å². The lowest BCUT2D eigenvalue weighted by molar-refractivity contribution is -0.133. The van der Waals surface area contributed by atoms with Crippen molar-refractivity contribution in [1.29, 1.82) is 0 Å². The van der Waals surface area contributed by atoms with Gasteiger partial charge in [-0.15, -0.1) is 12.4 Å². The Morgan fingerprint density at radius 3 is 2.80 bits per heavy atom. The topological polar surface area (TPSA) is 72.3 Å². The first kappa shape index (κ1) is 19.4. The number of ether oxygens (including phenoxy) is 1. The molecule has 1 aliphatic heterocycles. The van der Waals surface area contributed by atoms with Crippen LogP contribution in [0.4, 0.5) is 0 Å². The third-order valence-corrected chi connectivity index (χ3v) is 4.45. The Hall–Kier alpha value is -1.96. The highest BCUT2D eigenvalue weighted by Gasteiger charge is 2.22. The van der Waals surface area contributed by atoms with Gasteiger partial charge in [-0.05, 0) is 24.6 Å². The standard InChI is InChI=1S/C17H23N5O2.ClH/c1-13(21(2)17(23)9-15-10-24-8-7-19-15)14-3-5-16(6-4-14)22-12-18-11-20-22;/h3-6,11-13,15,19H,7-10H2,1-2H3;1H. The molecular weight excluding hydrogens is 342 g/mol. The zero-order valence-electron chi connectivity index (χ0n) is 14.5. The van der Waals surface area contributed by atoms with E-state index >= 15 is 0 Å². The van der Waals surface area contributed by atoms with Crippen LogP contribution in [0.25, 0.3) is 5.69 Å². The van der Waals surface area contributed by atoms with Crippen molar-refractivity contribution in [2.45, 2.75) is 25.4 Å². The fraction of sp³-hybridized carbons (Fsp3) is 0.471. The number of morpholine rings is 1. The van der Waals surface area contributed by atoms with Crippen LogP contribution in [0.1, 0.15) is 24.9 Å². The molecule has 1 aliphatic rings. The summed E-state index contributed by atoms with van der Waals surface area (Å²) in [5.41, 5.74) is 2.03. The van der Waals surface area contributed by atoms with E-state index in [0.29, 0.717) is 13.0 Å². The number of rotatable bonds is 5. The van der Waals surface area contributed by atoms with Gasteiger partial charge in [0.2, 0.25) is 5.91 Å². The van der Waals surface area contributed by atoms with Crippen molar-refractivity contribution < 1.29 is 9.53 Å². The Morgan fingerprint density at radius 1 is 1.44 bits per heavy atom. The Bertz CT molecular complexity index is 656. The van der Waals surface area contributed by atoms with Gasteiger partial charge in [0.25, 0.3) is 0 Å². The molecule has 3 rings (SSSR count). The van der Waals surface area contributed by atoms with Crippen molar-refractivity contribution in [3.8, 4) is 5.69 Å². The first-order chi connectivity index (χ1) is 11.6. The maximum Gasteiger partial charge on any atom is 0.224 e. The Morgan fingerprint density at radius 2 is 2.20 bits per heavy atom. The predicted molar refractivity (Wildman–Crippen MR) is 97.0 cm³/mol. The lowest BCUT2D eigenvalue weighted by Gasteiger charge is -2.29.